The van der Waals surface area contributed by atoms with Crippen molar-refractivity contribution in [3.8, 4) is 0 Å². The van der Waals surface area contributed by atoms with Crippen LogP contribution in [0, 0.1) is 11.8 Å². The second-order valence-electron chi connectivity index (χ2n) is 7.80. The van der Waals surface area contributed by atoms with Gasteiger partial charge in [-0.05, 0) is 36.1 Å². The van der Waals surface area contributed by atoms with Gasteiger partial charge in [0.25, 0.3) is 5.91 Å². The number of carbonyl (C=O) groups is 1. The highest BCUT2D eigenvalue weighted by atomic mass is 16.5. The second-order valence-corrected chi connectivity index (χ2v) is 7.80. The van der Waals surface area contributed by atoms with Gasteiger partial charge in [0.15, 0.2) is 0 Å². The van der Waals surface area contributed by atoms with E-state index in [9.17, 15) is 4.79 Å². The predicted molar refractivity (Wildman–Crippen MR) is 104 cm³/mol. The van der Waals surface area contributed by atoms with Gasteiger partial charge >= 0.3 is 0 Å². The van der Waals surface area contributed by atoms with E-state index in [0.717, 1.165) is 38.0 Å². The molecule has 1 aromatic carbocycles. The molecule has 27 heavy (non-hydrogen) atoms. The Morgan fingerprint density at radius 2 is 1.93 bits per heavy atom. The Kier molecular flexibility index (Phi) is 4.98. The summed E-state index contributed by atoms with van der Waals surface area (Å²) >= 11 is 0. The largest absolute Gasteiger partial charge is 0.373 e. The molecule has 0 unspecified atom stereocenters. The van der Waals surface area contributed by atoms with Crippen molar-refractivity contribution in [2.75, 3.05) is 20.2 Å². The van der Waals surface area contributed by atoms with E-state index < -0.39 is 5.91 Å². The Labute approximate surface area is 160 Å². The van der Waals surface area contributed by atoms with Crippen molar-refractivity contribution in [1.82, 2.24) is 9.88 Å². The zero-order chi connectivity index (χ0) is 18.9. The molecule has 2 N–H and O–H groups in total. The molecule has 0 spiro atoms. The number of piperidine rings is 1. The molecule has 2 aliphatic rings. The molecule has 4 rings (SSSR count). The molecule has 1 amide bonds. The average Bonchev–Trinajstić information content (AvgIpc) is 2.68. The summed E-state index contributed by atoms with van der Waals surface area (Å²) in [5, 5.41) is 0. The quantitative estimate of drug-likeness (QED) is 0.884. The Morgan fingerprint density at radius 1 is 1.22 bits per heavy atom. The summed E-state index contributed by atoms with van der Waals surface area (Å²) in [6.45, 7) is 2.96. The predicted octanol–water partition coefficient (Wildman–Crippen LogP) is 2.95. The fourth-order valence-corrected chi connectivity index (χ4v) is 5.23. The first-order chi connectivity index (χ1) is 13.1. The summed E-state index contributed by atoms with van der Waals surface area (Å²) in [6, 6.07) is 14.5. The number of aromatic nitrogens is 1. The Bertz CT molecular complexity index is 794. The van der Waals surface area contributed by atoms with Gasteiger partial charge in [-0.15, -0.1) is 0 Å². The van der Waals surface area contributed by atoms with E-state index in [1.807, 2.05) is 19.2 Å². The van der Waals surface area contributed by atoms with E-state index in [2.05, 4.69) is 40.2 Å². The number of nitrogens with two attached hydrogens (primary N) is 1. The number of ether oxygens (including phenoxy) is 1. The molecular weight excluding hydrogens is 338 g/mol. The van der Waals surface area contributed by atoms with Crippen molar-refractivity contribution in [3.63, 3.8) is 0 Å². The summed E-state index contributed by atoms with van der Waals surface area (Å²) in [5.74, 6) is 0.290. The summed E-state index contributed by atoms with van der Waals surface area (Å²) in [6.07, 6.45) is 5.17. The topological polar surface area (TPSA) is 68.5 Å². The number of primary amides is 1. The van der Waals surface area contributed by atoms with Crippen LogP contribution in [0.3, 0.4) is 0 Å². The van der Waals surface area contributed by atoms with E-state index in [0.29, 0.717) is 17.5 Å². The van der Waals surface area contributed by atoms with Crippen molar-refractivity contribution in [2.45, 2.75) is 31.4 Å². The number of benzene rings is 1. The Balaban J connectivity index is 1.64. The van der Waals surface area contributed by atoms with Crippen molar-refractivity contribution in [3.05, 3.63) is 65.5 Å². The lowest BCUT2D eigenvalue weighted by Gasteiger charge is -2.55. The molecule has 5 nitrogen and oxygen atoms in total. The first kappa shape index (κ1) is 18.1. The maximum Gasteiger partial charge on any atom is 0.267 e. The molecule has 1 aromatic heterocycles. The Hall–Kier alpha value is -2.24. The number of hydrogen-bond acceptors (Lipinski definition) is 4. The monoisotopic (exact) mass is 365 g/mol. The summed E-state index contributed by atoms with van der Waals surface area (Å²) in [4.78, 5) is 18.3. The van der Waals surface area contributed by atoms with Crippen LogP contribution < -0.4 is 5.73 Å². The molecule has 5 heteroatoms. The van der Waals surface area contributed by atoms with Gasteiger partial charge in [-0.2, -0.15) is 0 Å². The number of rotatable bonds is 5. The lowest BCUT2D eigenvalue weighted by atomic mass is 9.62. The van der Waals surface area contributed by atoms with Gasteiger partial charge in [0, 0.05) is 44.8 Å². The number of methoxy groups -OCH3 is 1. The van der Waals surface area contributed by atoms with E-state index in [4.69, 9.17) is 10.5 Å². The van der Waals surface area contributed by atoms with Crippen LogP contribution in [0.1, 0.15) is 40.9 Å². The minimum Gasteiger partial charge on any atom is -0.373 e. The molecular formula is C22H27N3O2. The number of nitrogens with zero attached hydrogens (tertiary/aromatic N) is 2. The third-order valence-electron chi connectivity index (χ3n) is 6.33. The summed E-state index contributed by atoms with van der Waals surface area (Å²) in [5.41, 5.74) is 7.81. The molecule has 1 saturated heterocycles. The van der Waals surface area contributed by atoms with Crippen LogP contribution in [-0.4, -0.2) is 36.0 Å². The fourth-order valence-electron chi connectivity index (χ4n) is 5.23. The van der Waals surface area contributed by atoms with Crippen molar-refractivity contribution >= 4 is 5.91 Å². The van der Waals surface area contributed by atoms with E-state index in [-0.39, 0.29) is 5.60 Å². The van der Waals surface area contributed by atoms with Crippen molar-refractivity contribution in [1.29, 1.82) is 0 Å². The molecule has 142 valence electrons. The first-order valence-electron chi connectivity index (χ1n) is 9.71. The summed E-state index contributed by atoms with van der Waals surface area (Å²) < 4.78 is 6.26. The van der Waals surface area contributed by atoms with Crippen LogP contribution in [-0.2, 0) is 16.9 Å². The zero-order valence-electron chi connectivity index (χ0n) is 15.8. The van der Waals surface area contributed by atoms with Crippen LogP contribution in [0.5, 0.6) is 0 Å². The molecule has 3 atom stereocenters. The number of hydrogen-bond donors (Lipinski definition) is 1. The molecule has 2 bridgehead atoms. The van der Waals surface area contributed by atoms with Crippen LogP contribution in [0.25, 0.3) is 0 Å². The maximum atomic E-state index is 11.6. The van der Waals surface area contributed by atoms with Crippen molar-refractivity contribution in [2.24, 2.45) is 17.6 Å². The van der Waals surface area contributed by atoms with Crippen LogP contribution in [0.2, 0.25) is 0 Å². The van der Waals surface area contributed by atoms with Gasteiger partial charge in [0.05, 0.1) is 0 Å². The van der Waals surface area contributed by atoms with Gasteiger partial charge in [0.2, 0.25) is 0 Å². The normalized spacial score (nSPS) is 28.0. The molecule has 1 aliphatic heterocycles. The maximum absolute atomic E-state index is 11.6. The molecule has 2 aromatic rings. The lowest BCUT2D eigenvalue weighted by molar-refractivity contribution is -0.170. The van der Waals surface area contributed by atoms with Gasteiger partial charge in [-0.1, -0.05) is 36.8 Å². The molecule has 2 heterocycles. The zero-order valence-corrected chi connectivity index (χ0v) is 15.8. The standard InChI is InChI=1S/C22H27N3O2/c1-27-22(17-10-11-24-20(12-17)21(23)26)18-8-5-9-19(22)15-25(14-18)13-16-6-3-2-4-7-16/h2-4,6-7,10-12,18-19H,5,8-9,13-15H2,1H3,(H2,23,26)/t18-,19+,22+. The highest BCUT2D eigenvalue weighted by Gasteiger charge is 2.53. The van der Waals surface area contributed by atoms with Gasteiger partial charge in [-0.25, -0.2) is 0 Å². The number of fused-ring (bicyclic) bond motifs is 2. The molecule has 1 saturated carbocycles. The third-order valence-corrected chi connectivity index (χ3v) is 6.33. The SMILES string of the molecule is CO[C@@]1(c2ccnc(C(N)=O)c2)[C@@H]2CCC[C@H]1CN(Cc1ccccc1)C2. The Morgan fingerprint density at radius 3 is 2.56 bits per heavy atom. The van der Waals surface area contributed by atoms with Gasteiger partial charge in [-0.3, -0.25) is 14.7 Å². The fraction of sp³-hybridized carbons (Fsp3) is 0.455. The molecule has 0 radical (unpaired) electrons. The van der Waals surface area contributed by atoms with Crippen LogP contribution in [0.15, 0.2) is 48.7 Å². The second kappa shape index (κ2) is 7.41. The van der Waals surface area contributed by atoms with E-state index in [1.54, 1.807) is 6.20 Å². The van der Waals surface area contributed by atoms with Gasteiger partial charge in [0.1, 0.15) is 11.3 Å². The number of carbonyl (C=O) groups excluding carboxylic acids is 1. The third kappa shape index (κ3) is 3.26. The smallest absolute Gasteiger partial charge is 0.267 e. The number of pyridine rings is 1. The molecule has 2 fully saturated rings. The highest BCUT2D eigenvalue weighted by molar-refractivity contribution is 5.90. The summed E-state index contributed by atoms with van der Waals surface area (Å²) in [7, 11) is 1.81. The van der Waals surface area contributed by atoms with E-state index in [1.165, 1.54) is 12.0 Å². The van der Waals surface area contributed by atoms with Crippen LogP contribution >= 0.6 is 0 Å². The molecule has 1 aliphatic carbocycles. The van der Waals surface area contributed by atoms with Crippen LogP contribution in [0.4, 0.5) is 0 Å². The number of amides is 1. The number of likely N-dealkylation sites (tertiary alicyclic amines) is 1. The first-order valence-corrected chi connectivity index (χ1v) is 9.71. The van der Waals surface area contributed by atoms with E-state index >= 15 is 0 Å². The van der Waals surface area contributed by atoms with Crippen molar-refractivity contribution < 1.29 is 9.53 Å². The average molecular weight is 365 g/mol. The minimum absolute atomic E-state index is 0.314. The minimum atomic E-state index is -0.491. The van der Waals surface area contributed by atoms with Gasteiger partial charge < -0.3 is 10.5 Å². The lowest BCUT2D eigenvalue weighted by Crippen LogP contribution is -2.58. The highest BCUT2D eigenvalue weighted by Crippen LogP contribution is 2.51.